The molecule has 0 heterocycles. The van der Waals surface area contributed by atoms with E-state index in [0.717, 1.165) is 38.6 Å². The quantitative estimate of drug-likeness (QED) is 0.262. The van der Waals surface area contributed by atoms with Gasteiger partial charge in [-0.3, -0.25) is 9.59 Å². The largest absolute Gasteiger partial charge is 0.508 e. The molecule has 190 valence electrons. The van der Waals surface area contributed by atoms with E-state index >= 15 is 0 Å². The summed E-state index contributed by atoms with van der Waals surface area (Å²) < 4.78 is 0. The van der Waals surface area contributed by atoms with Crippen LogP contribution in [0, 0.1) is 11.8 Å². The van der Waals surface area contributed by atoms with Gasteiger partial charge in [-0.1, -0.05) is 66.5 Å². The molecular weight excluding hydrogens is 414 g/mol. The van der Waals surface area contributed by atoms with Gasteiger partial charge in [0.2, 0.25) is 11.8 Å². The smallest absolute Gasteiger partial charge is 0.245 e. The molecule has 1 rings (SSSR count). The van der Waals surface area contributed by atoms with Crippen molar-refractivity contribution < 1.29 is 14.7 Å². The van der Waals surface area contributed by atoms with E-state index in [2.05, 4.69) is 38.0 Å². The molecule has 3 N–H and O–H groups in total. The van der Waals surface area contributed by atoms with E-state index < -0.39 is 11.6 Å². The Hall–Kier alpha value is -1.82. The predicted octanol–water partition coefficient (Wildman–Crippen LogP) is 5.11. The van der Waals surface area contributed by atoms with Gasteiger partial charge in [0, 0.05) is 7.05 Å². The predicted molar refractivity (Wildman–Crippen MR) is 137 cm³/mol. The molecule has 33 heavy (non-hydrogen) atoms. The number of nitrogens with one attached hydrogen (secondary N) is 2. The van der Waals surface area contributed by atoms with Crippen molar-refractivity contribution in [3.05, 3.63) is 24.0 Å². The maximum absolute atomic E-state index is 13.9. The topological polar surface area (TPSA) is 81.7 Å². The van der Waals surface area contributed by atoms with Gasteiger partial charge in [-0.05, 0) is 63.0 Å². The van der Waals surface area contributed by atoms with Crippen LogP contribution in [-0.2, 0) is 9.59 Å². The molecule has 1 aliphatic carbocycles. The molecule has 0 aliphatic heterocycles. The monoisotopic (exact) mass is 463 g/mol. The van der Waals surface area contributed by atoms with Gasteiger partial charge in [-0.15, -0.1) is 0 Å². The van der Waals surface area contributed by atoms with Gasteiger partial charge in [0.05, 0.1) is 11.6 Å². The molecule has 6 heteroatoms. The molecule has 0 bridgehead atoms. The standard InChI is InChI=1S/C27H49N3O3/c1-9-17-28-27(10-2,11-3)26(33)29-24(22-15-13-12-14-16-22)25(32)30(8)23(19(4)5)18-20(6)21(7)31/h18-19,22-24,28,31H,7,9-17H2,1-6,8H3,(H,29,33)/b20-18+. The molecule has 2 amide bonds. The number of rotatable bonds is 13. The van der Waals surface area contributed by atoms with Gasteiger partial charge < -0.3 is 20.6 Å². The number of amides is 2. The number of hydrogen-bond acceptors (Lipinski definition) is 4. The van der Waals surface area contributed by atoms with Crippen LogP contribution in [0.15, 0.2) is 24.0 Å². The first kappa shape index (κ1) is 29.2. The number of likely N-dealkylation sites (N-methyl/N-ethyl adjacent to an activating group) is 1. The third-order valence-electron chi connectivity index (χ3n) is 7.38. The van der Waals surface area contributed by atoms with Gasteiger partial charge in [0.1, 0.15) is 11.8 Å². The van der Waals surface area contributed by atoms with Crippen molar-refractivity contribution in [1.82, 2.24) is 15.5 Å². The molecule has 0 aromatic heterocycles. The number of hydrogen-bond donors (Lipinski definition) is 3. The highest BCUT2D eigenvalue weighted by Crippen LogP contribution is 2.29. The lowest BCUT2D eigenvalue weighted by atomic mass is 9.82. The van der Waals surface area contributed by atoms with Crippen LogP contribution >= 0.6 is 0 Å². The van der Waals surface area contributed by atoms with Crippen LogP contribution in [-0.4, -0.2) is 53.0 Å². The van der Waals surface area contributed by atoms with Crippen LogP contribution in [0.2, 0.25) is 0 Å². The summed E-state index contributed by atoms with van der Waals surface area (Å²) >= 11 is 0. The number of carbonyl (C=O) groups is 2. The molecule has 2 unspecified atom stereocenters. The van der Waals surface area contributed by atoms with Crippen molar-refractivity contribution in [3.63, 3.8) is 0 Å². The van der Waals surface area contributed by atoms with E-state index in [9.17, 15) is 14.7 Å². The van der Waals surface area contributed by atoms with Crippen molar-refractivity contribution in [3.8, 4) is 0 Å². The van der Waals surface area contributed by atoms with Gasteiger partial charge in [0.25, 0.3) is 0 Å². The first-order valence-corrected chi connectivity index (χ1v) is 12.9. The normalized spacial score (nSPS) is 17.5. The Labute approximate surface area is 202 Å². The highest BCUT2D eigenvalue weighted by atomic mass is 16.3. The van der Waals surface area contributed by atoms with Gasteiger partial charge >= 0.3 is 0 Å². The van der Waals surface area contributed by atoms with E-state index in [0.29, 0.717) is 18.4 Å². The number of aliphatic hydroxyl groups excluding tert-OH is 1. The van der Waals surface area contributed by atoms with Crippen LogP contribution in [0.5, 0.6) is 0 Å². The average Bonchev–Trinajstić information content (AvgIpc) is 2.81. The first-order valence-electron chi connectivity index (χ1n) is 12.9. The minimum Gasteiger partial charge on any atom is -0.508 e. The van der Waals surface area contributed by atoms with E-state index in [1.807, 2.05) is 19.9 Å². The van der Waals surface area contributed by atoms with Crippen molar-refractivity contribution in [1.29, 1.82) is 0 Å². The fourth-order valence-electron chi connectivity index (χ4n) is 4.86. The highest BCUT2D eigenvalue weighted by molar-refractivity contribution is 5.92. The molecule has 0 saturated heterocycles. The summed E-state index contributed by atoms with van der Waals surface area (Å²) in [6.07, 6.45) is 9.45. The van der Waals surface area contributed by atoms with E-state index in [4.69, 9.17) is 0 Å². The zero-order chi connectivity index (χ0) is 25.2. The van der Waals surface area contributed by atoms with Crippen LogP contribution in [0.1, 0.15) is 92.9 Å². The van der Waals surface area contributed by atoms with Crippen molar-refractivity contribution in [2.75, 3.05) is 13.6 Å². The first-order chi connectivity index (χ1) is 15.5. The Morgan fingerprint density at radius 2 is 1.73 bits per heavy atom. The summed E-state index contributed by atoms with van der Waals surface area (Å²) in [5.74, 6) is 0.165. The maximum Gasteiger partial charge on any atom is 0.245 e. The Morgan fingerprint density at radius 3 is 2.18 bits per heavy atom. The molecule has 0 aromatic rings. The van der Waals surface area contributed by atoms with Crippen molar-refractivity contribution in [2.45, 2.75) is 111 Å². The van der Waals surface area contributed by atoms with E-state index in [-0.39, 0.29) is 35.5 Å². The molecule has 0 radical (unpaired) electrons. The maximum atomic E-state index is 13.9. The lowest BCUT2D eigenvalue weighted by Crippen LogP contribution is -2.62. The summed E-state index contributed by atoms with van der Waals surface area (Å²) in [6.45, 7) is 16.4. The van der Waals surface area contributed by atoms with Gasteiger partial charge in [0.15, 0.2) is 0 Å². The van der Waals surface area contributed by atoms with Crippen LogP contribution < -0.4 is 10.6 Å². The third-order valence-corrected chi connectivity index (χ3v) is 7.38. The number of allylic oxidation sites excluding steroid dienone is 1. The van der Waals surface area contributed by atoms with Crippen LogP contribution in [0.4, 0.5) is 0 Å². The summed E-state index contributed by atoms with van der Waals surface area (Å²) in [6, 6.07) is -0.749. The number of aliphatic hydroxyl groups is 1. The minimum atomic E-state index is -0.662. The Morgan fingerprint density at radius 1 is 1.15 bits per heavy atom. The van der Waals surface area contributed by atoms with Crippen molar-refractivity contribution in [2.24, 2.45) is 11.8 Å². The zero-order valence-corrected chi connectivity index (χ0v) is 22.2. The lowest BCUT2D eigenvalue weighted by Gasteiger charge is -2.39. The number of carbonyl (C=O) groups excluding carboxylic acids is 2. The number of nitrogens with zero attached hydrogens (tertiary/aromatic N) is 1. The Balaban J connectivity index is 3.26. The molecule has 6 nitrogen and oxygen atoms in total. The van der Waals surface area contributed by atoms with Gasteiger partial charge in [-0.2, -0.15) is 0 Å². The second-order valence-corrected chi connectivity index (χ2v) is 10.0. The Bertz CT molecular complexity index is 676. The minimum absolute atomic E-state index is 0.0105. The average molecular weight is 464 g/mol. The fourth-order valence-corrected chi connectivity index (χ4v) is 4.86. The molecule has 1 saturated carbocycles. The second-order valence-electron chi connectivity index (χ2n) is 10.0. The molecule has 1 aliphatic rings. The molecular formula is C27H49N3O3. The highest BCUT2D eigenvalue weighted by Gasteiger charge is 2.40. The van der Waals surface area contributed by atoms with Crippen molar-refractivity contribution >= 4 is 11.8 Å². The van der Waals surface area contributed by atoms with Crippen LogP contribution in [0.25, 0.3) is 0 Å². The lowest BCUT2D eigenvalue weighted by molar-refractivity contribution is -0.141. The summed E-state index contributed by atoms with van der Waals surface area (Å²) in [5.41, 5.74) is -0.00369. The second kappa shape index (κ2) is 13.8. The van der Waals surface area contributed by atoms with Crippen LogP contribution in [0.3, 0.4) is 0 Å². The summed E-state index contributed by atoms with van der Waals surface area (Å²) in [7, 11) is 1.81. The summed E-state index contributed by atoms with van der Waals surface area (Å²) in [4.78, 5) is 29.2. The van der Waals surface area contributed by atoms with E-state index in [1.54, 1.807) is 18.9 Å². The molecule has 0 spiro atoms. The fraction of sp³-hybridized carbons (Fsp3) is 0.778. The molecule has 1 fully saturated rings. The summed E-state index contributed by atoms with van der Waals surface area (Å²) in [5, 5.41) is 16.5. The van der Waals surface area contributed by atoms with E-state index in [1.165, 1.54) is 6.42 Å². The third kappa shape index (κ3) is 7.87. The molecule has 0 aromatic carbocycles. The molecule has 2 atom stereocenters. The Kier molecular flexibility index (Phi) is 12.2. The van der Waals surface area contributed by atoms with Gasteiger partial charge in [-0.25, -0.2) is 0 Å². The zero-order valence-electron chi connectivity index (χ0n) is 22.2. The SMILES string of the molecule is C=C(O)/C(C)=C/C(C(C)C)N(C)C(=O)C(NC(=O)C(CC)(CC)NCCC)C1CCCCC1.